The van der Waals surface area contributed by atoms with Gasteiger partial charge >= 0.3 is 0 Å². The van der Waals surface area contributed by atoms with Crippen molar-refractivity contribution < 1.29 is 9.59 Å². The lowest BCUT2D eigenvalue weighted by Gasteiger charge is -2.38. The Morgan fingerprint density at radius 1 is 1.10 bits per heavy atom. The Morgan fingerprint density at radius 3 is 2.52 bits per heavy atom. The maximum Gasteiger partial charge on any atom is 0.224 e. The van der Waals surface area contributed by atoms with Crippen molar-refractivity contribution in [2.75, 3.05) is 23.3 Å². The van der Waals surface area contributed by atoms with Gasteiger partial charge in [-0.2, -0.15) is 0 Å². The molecular weight excluding hydrogens is 386 g/mol. The van der Waals surface area contributed by atoms with Gasteiger partial charge in [0.25, 0.3) is 0 Å². The first-order valence-electron chi connectivity index (χ1n) is 10.1. The molecule has 0 radical (unpaired) electrons. The van der Waals surface area contributed by atoms with Crippen LogP contribution in [0, 0.1) is 0 Å². The Bertz CT molecular complexity index is 864. The summed E-state index contributed by atoms with van der Waals surface area (Å²) in [4.78, 5) is 28.5. The zero-order valence-electron chi connectivity index (χ0n) is 16.8. The molecule has 2 aliphatic rings. The second-order valence-electron chi connectivity index (χ2n) is 7.77. The maximum absolute atomic E-state index is 12.5. The van der Waals surface area contributed by atoms with E-state index in [2.05, 4.69) is 40.5 Å². The summed E-state index contributed by atoms with van der Waals surface area (Å²) < 4.78 is 0. The Morgan fingerprint density at radius 2 is 1.83 bits per heavy atom. The van der Waals surface area contributed by atoms with Crippen LogP contribution in [0.3, 0.4) is 0 Å². The third-order valence-corrected chi connectivity index (χ3v) is 5.77. The first kappa shape index (κ1) is 21.3. The van der Waals surface area contributed by atoms with Crippen LogP contribution in [-0.4, -0.2) is 35.8 Å². The Hall–Kier alpha value is -2.37. The summed E-state index contributed by atoms with van der Waals surface area (Å²) in [6, 6.07) is 16.7. The first-order chi connectivity index (χ1) is 13.6. The second kappa shape index (κ2) is 9.42. The van der Waals surface area contributed by atoms with E-state index >= 15 is 0 Å². The fraction of sp³-hybridized carbons (Fsp3) is 0.391. The summed E-state index contributed by atoms with van der Waals surface area (Å²) in [5, 5.41) is 2.91. The summed E-state index contributed by atoms with van der Waals surface area (Å²) in [6.07, 6.45) is 3.19. The third-order valence-electron chi connectivity index (χ3n) is 5.77. The minimum atomic E-state index is 0. The maximum atomic E-state index is 12.5. The van der Waals surface area contributed by atoms with Gasteiger partial charge in [-0.1, -0.05) is 30.3 Å². The van der Waals surface area contributed by atoms with Crippen molar-refractivity contribution in [2.45, 2.75) is 45.2 Å². The van der Waals surface area contributed by atoms with E-state index in [1.165, 1.54) is 5.56 Å². The van der Waals surface area contributed by atoms with Gasteiger partial charge in [-0.05, 0) is 48.6 Å². The van der Waals surface area contributed by atoms with Crippen molar-refractivity contribution in [1.29, 1.82) is 0 Å². The van der Waals surface area contributed by atoms with Gasteiger partial charge < -0.3 is 10.2 Å². The molecule has 0 aromatic heterocycles. The average molecular weight is 414 g/mol. The van der Waals surface area contributed by atoms with Crippen LogP contribution in [0.4, 0.5) is 11.4 Å². The second-order valence-corrected chi connectivity index (χ2v) is 7.77. The number of nitrogens with zero attached hydrogens (tertiary/aromatic N) is 2. The van der Waals surface area contributed by atoms with Crippen molar-refractivity contribution in [3.05, 3.63) is 59.7 Å². The number of fused-ring (bicyclic) bond motifs is 1. The Balaban J connectivity index is 0.00000240. The molecule has 2 aromatic rings. The molecule has 154 valence electrons. The monoisotopic (exact) mass is 413 g/mol. The van der Waals surface area contributed by atoms with Gasteiger partial charge in [-0.3, -0.25) is 14.5 Å². The molecule has 5 nitrogen and oxygen atoms in total. The van der Waals surface area contributed by atoms with E-state index in [1.54, 1.807) is 6.92 Å². The predicted octanol–water partition coefficient (Wildman–Crippen LogP) is 4.01. The number of hydrogen-bond acceptors (Lipinski definition) is 3. The minimum absolute atomic E-state index is 0. The highest BCUT2D eigenvalue weighted by molar-refractivity contribution is 5.96. The number of nitrogens with one attached hydrogen (secondary N) is 1. The highest BCUT2D eigenvalue weighted by Crippen LogP contribution is 2.30. The summed E-state index contributed by atoms with van der Waals surface area (Å²) >= 11 is 0. The predicted molar refractivity (Wildman–Crippen MR) is 119 cm³/mol. The molecule has 1 fully saturated rings. The molecule has 0 bridgehead atoms. The van der Waals surface area contributed by atoms with E-state index in [-0.39, 0.29) is 30.3 Å². The number of likely N-dealkylation sites (tertiary alicyclic amines) is 1. The van der Waals surface area contributed by atoms with Crippen molar-refractivity contribution in [3.63, 3.8) is 0 Å². The molecule has 0 spiro atoms. The van der Waals surface area contributed by atoms with Gasteiger partial charge in [0.1, 0.15) is 0 Å². The van der Waals surface area contributed by atoms with Gasteiger partial charge in [0.2, 0.25) is 11.8 Å². The van der Waals surface area contributed by atoms with E-state index in [9.17, 15) is 9.59 Å². The van der Waals surface area contributed by atoms with Crippen molar-refractivity contribution >= 4 is 35.6 Å². The number of piperidine rings is 1. The summed E-state index contributed by atoms with van der Waals surface area (Å²) in [5.41, 5.74) is 4.27. The van der Waals surface area contributed by atoms with E-state index in [4.69, 9.17) is 0 Å². The van der Waals surface area contributed by atoms with Crippen LogP contribution in [0.5, 0.6) is 0 Å². The van der Waals surface area contributed by atoms with Crippen molar-refractivity contribution in [1.82, 2.24) is 4.90 Å². The van der Waals surface area contributed by atoms with Gasteiger partial charge in [0.05, 0.1) is 0 Å². The van der Waals surface area contributed by atoms with Crippen LogP contribution < -0.4 is 10.2 Å². The lowest BCUT2D eigenvalue weighted by atomic mass is 9.98. The zero-order chi connectivity index (χ0) is 19.5. The fourth-order valence-electron chi connectivity index (χ4n) is 4.35. The molecule has 2 amide bonds. The van der Waals surface area contributed by atoms with Crippen LogP contribution >= 0.6 is 12.4 Å². The molecule has 1 N–H and O–H groups in total. The van der Waals surface area contributed by atoms with Gasteiger partial charge in [-0.25, -0.2) is 0 Å². The van der Waals surface area contributed by atoms with Crippen LogP contribution in [0.2, 0.25) is 0 Å². The van der Waals surface area contributed by atoms with E-state index in [1.807, 2.05) is 23.1 Å². The van der Waals surface area contributed by atoms with Gasteiger partial charge in [0.15, 0.2) is 0 Å². The number of halogens is 1. The van der Waals surface area contributed by atoms with E-state index < -0.39 is 0 Å². The number of rotatable bonds is 4. The largest absolute Gasteiger partial charge is 0.326 e. The molecule has 0 unspecified atom stereocenters. The molecule has 29 heavy (non-hydrogen) atoms. The molecule has 2 aromatic carbocycles. The lowest BCUT2D eigenvalue weighted by molar-refractivity contribution is -0.117. The van der Waals surface area contributed by atoms with Crippen LogP contribution in [0.25, 0.3) is 0 Å². The quantitative estimate of drug-likeness (QED) is 0.823. The summed E-state index contributed by atoms with van der Waals surface area (Å²) in [7, 11) is 0. The van der Waals surface area contributed by atoms with E-state index in [0.717, 1.165) is 55.8 Å². The van der Waals surface area contributed by atoms with Crippen molar-refractivity contribution in [2.24, 2.45) is 0 Å². The number of hydrogen-bond donors (Lipinski definition) is 1. The summed E-state index contributed by atoms with van der Waals surface area (Å²) in [6.45, 7) is 4.60. The van der Waals surface area contributed by atoms with Crippen molar-refractivity contribution in [3.8, 4) is 0 Å². The molecule has 4 rings (SSSR count). The summed E-state index contributed by atoms with van der Waals surface area (Å²) in [5.74, 6) is 0.149. The fourth-order valence-corrected chi connectivity index (χ4v) is 4.35. The van der Waals surface area contributed by atoms with Crippen LogP contribution in [0.15, 0.2) is 48.5 Å². The van der Waals surface area contributed by atoms with Gasteiger partial charge in [0, 0.05) is 50.4 Å². The van der Waals surface area contributed by atoms with E-state index in [0.29, 0.717) is 6.42 Å². The molecule has 2 heterocycles. The Kier molecular flexibility index (Phi) is 6.93. The standard InChI is InChI=1S/C23H27N3O2.ClH/c1-17(27)26(21-8-9-22-19(15-21)7-10-23(28)24-22)20-11-13-25(14-12-20)16-18-5-3-2-4-6-18;/h2-6,8-9,15,20H,7,10-14,16H2,1H3,(H,24,28);1H. The topological polar surface area (TPSA) is 52.7 Å². The lowest BCUT2D eigenvalue weighted by Crippen LogP contribution is -2.46. The highest BCUT2D eigenvalue weighted by Gasteiger charge is 2.28. The zero-order valence-corrected chi connectivity index (χ0v) is 17.6. The number of benzene rings is 2. The molecule has 2 aliphatic heterocycles. The number of carbonyl (C=O) groups is 2. The SMILES string of the molecule is CC(=O)N(c1ccc2c(c1)CCC(=O)N2)C1CCN(Cc2ccccc2)CC1.Cl. The van der Waals surface area contributed by atoms with Gasteiger partial charge in [-0.15, -0.1) is 12.4 Å². The number of amides is 2. The minimum Gasteiger partial charge on any atom is -0.326 e. The molecular formula is C23H28ClN3O2. The smallest absolute Gasteiger partial charge is 0.224 e. The molecule has 1 saturated heterocycles. The molecule has 6 heteroatoms. The van der Waals surface area contributed by atoms with Crippen LogP contribution in [0.1, 0.15) is 37.3 Å². The molecule has 0 aliphatic carbocycles. The molecule has 0 atom stereocenters. The number of carbonyl (C=O) groups excluding carboxylic acids is 2. The van der Waals surface area contributed by atoms with Crippen LogP contribution in [-0.2, 0) is 22.6 Å². The molecule has 0 saturated carbocycles. The Labute approximate surface area is 178 Å². The average Bonchev–Trinajstić information content (AvgIpc) is 2.70. The third kappa shape index (κ3) is 4.98. The normalized spacial score (nSPS) is 17.1. The first-order valence-corrected chi connectivity index (χ1v) is 10.1. The number of anilines is 2. The highest BCUT2D eigenvalue weighted by atomic mass is 35.5. The number of aryl methyl sites for hydroxylation is 1.